The van der Waals surface area contributed by atoms with E-state index in [-0.39, 0.29) is 23.8 Å². The van der Waals surface area contributed by atoms with Gasteiger partial charge in [-0.25, -0.2) is 4.98 Å². The SMILES string of the molecule is C=C(Nc1ccccn1)[C@@H]1CCc2ncc(C(=O)N[C@H]3C[C@@H](C)[C@@H](C)N(CC(F)(F)F)C3=O)cc21. The molecule has 186 valence electrons. The first kappa shape index (κ1) is 24.7. The van der Waals surface area contributed by atoms with Crippen LogP contribution in [0.15, 0.2) is 48.9 Å². The summed E-state index contributed by atoms with van der Waals surface area (Å²) in [7, 11) is 0. The van der Waals surface area contributed by atoms with Crippen LogP contribution in [0.25, 0.3) is 0 Å². The predicted molar refractivity (Wildman–Crippen MR) is 125 cm³/mol. The number of hydrogen-bond acceptors (Lipinski definition) is 5. The van der Waals surface area contributed by atoms with E-state index in [2.05, 4.69) is 27.2 Å². The molecule has 1 fully saturated rings. The number of anilines is 1. The monoisotopic (exact) mass is 487 g/mol. The number of hydrogen-bond donors (Lipinski definition) is 2. The zero-order chi connectivity index (χ0) is 25.3. The molecule has 4 atom stereocenters. The maximum atomic E-state index is 13.0. The number of fused-ring (bicyclic) bond motifs is 1. The summed E-state index contributed by atoms with van der Waals surface area (Å²) >= 11 is 0. The molecule has 2 aliphatic rings. The number of carbonyl (C=O) groups excluding carboxylic acids is 2. The number of amides is 2. The number of piperidine rings is 1. The summed E-state index contributed by atoms with van der Waals surface area (Å²) in [5.74, 6) is -0.881. The molecule has 7 nitrogen and oxygen atoms in total. The van der Waals surface area contributed by atoms with Crippen LogP contribution in [0.3, 0.4) is 0 Å². The van der Waals surface area contributed by atoms with Gasteiger partial charge in [-0.2, -0.15) is 13.2 Å². The van der Waals surface area contributed by atoms with Crippen LogP contribution in [0, 0.1) is 5.92 Å². The molecule has 2 aromatic rings. The van der Waals surface area contributed by atoms with Crippen LogP contribution >= 0.6 is 0 Å². The maximum absolute atomic E-state index is 13.0. The van der Waals surface area contributed by atoms with Gasteiger partial charge in [0.1, 0.15) is 18.4 Å². The lowest BCUT2D eigenvalue weighted by molar-refractivity contribution is -0.172. The lowest BCUT2D eigenvalue weighted by Gasteiger charge is -2.42. The van der Waals surface area contributed by atoms with Crippen molar-refractivity contribution in [1.82, 2.24) is 20.2 Å². The Labute approximate surface area is 201 Å². The van der Waals surface area contributed by atoms with E-state index in [1.165, 1.54) is 6.20 Å². The van der Waals surface area contributed by atoms with Crippen molar-refractivity contribution in [3.63, 3.8) is 0 Å². The summed E-state index contributed by atoms with van der Waals surface area (Å²) in [6.45, 7) is 6.18. The molecule has 0 spiro atoms. The highest BCUT2D eigenvalue weighted by Crippen LogP contribution is 2.37. The second-order valence-electron chi connectivity index (χ2n) is 9.28. The second-order valence-corrected chi connectivity index (χ2v) is 9.28. The van der Waals surface area contributed by atoms with Crippen molar-refractivity contribution in [2.75, 3.05) is 11.9 Å². The molecule has 0 saturated carbocycles. The van der Waals surface area contributed by atoms with Crippen LogP contribution in [0.5, 0.6) is 0 Å². The van der Waals surface area contributed by atoms with Crippen LogP contribution in [-0.4, -0.2) is 51.5 Å². The molecule has 1 aliphatic heterocycles. The normalized spacial score (nSPS) is 24.1. The van der Waals surface area contributed by atoms with Crippen molar-refractivity contribution in [2.45, 2.75) is 57.3 Å². The Hall–Kier alpha value is -3.43. The minimum Gasteiger partial charge on any atom is -0.344 e. The highest BCUT2D eigenvalue weighted by Gasteiger charge is 2.43. The third-order valence-corrected chi connectivity index (χ3v) is 6.84. The zero-order valence-electron chi connectivity index (χ0n) is 19.6. The van der Waals surface area contributed by atoms with E-state index in [1.54, 1.807) is 26.1 Å². The summed E-state index contributed by atoms with van der Waals surface area (Å²) in [5, 5.41) is 5.84. The molecule has 35 heavy (non-hydrogen) atoms. The molecular weight excluding hydrogens is 459 g/mol. The number of rotatable bonds is 6. The Bertz CT molecular complexity index is 1120. The van der Waals surface area contributed by atoms with Crippen molar-refractivity contribution in [3.8, 4) is 0 Å². The highest BCUT2D eigenvalue weighted by atomic mass is 19.4. The molecule has 0 radical (unpaired) electrons. The Balaban J connectivity index is 1.48. The molecule has 1 aliphatic carbocycles. The molecule has 4 rings (SSSR count). The van der Waals surface area contributed by atoms with E-state index in [1.807, 2.05) is 18.2 Å². The second kappa shape index (κ2) is 9.67. The Morgan fingerprint density at radius 1 is 1.26 bits per heavy atom. The van der Waals surface area contributed by atoms with Crippen LogP contribution in [-0.2, 0) is 11.2 Å². The number of allylic oxidation sites excluding steroid dienone is 1. The number of likely N-dealkylation sites (tertiary alicyclic amines) is 1. The van der Waals surface area contributed by atoms with Crippen LogP contribution in [0.2, 0.25) is 0 Å². The fourth-order valence-electron chi connectivity index (χ4n) is 4.79. The van der Waals surface area contributed by atoms with Gasteiger partial charge in [-0.05, 0) is 55.9 Å². The first-order chi connectivity index (χ1) is 16.5. The quantitative estimate of drug-likeness (QED) is 0.642. The van der Waals surface area contributed by atoms with Crippen LogP contribution < -0.4 is 10.6 Å². The first-order valence-electron chi connectivity index (χ1n) is 11.6. The number of halogens is 3. The zero-order valence-corrected chi connectivity index (χ0v) is 19.6. The molecule has 0 unspecified atom stereocenters. The Morgan fingerprint density at radius 2 is 2.03 bits per heavy atom. The third kappa shape index (κ3) is 5.47. The van der Waals surface area contributed by atoms with E-state index >= 15 is 0 Å². The van der Waals surface area contributed by atoms with Gasteiger partial charge < -0.3 is 15.5 Å². The van der Waals surface area contributed by atoms with Gasteiger partial charge in [-0.3, -0.25) is 14.6 Å². The van der Waals surface area contributed by atoms with E-state index in [0.29, 0.717) is 5.82 Å². The number of nitrogens with one attached hydrogen (secondary N) is 2. The molecular formula is C25H28F3N5O2. The number of aromatic nitrogens is 2. The fourth-order valence-corrected chi connectivity index (χ4v) is 4.79. The lowest BCUT2D eigenvalue weighted by atomic mass is 9.88. The van der Waals surface area contributed by atoms with Crippen molar-refractivity contribution in [1.29, 1.82) is 0 Å². The summed E-state index contributed by atoms with van der Waals surface area (Å²) in [5.41, 5.74) is 2.71. The van der Waals surface area contributed by atoms with Crippen LogP contribution in [0.1, 0.15) is 54.2 Å². The number of aryl methyl sites for hydroxylation is 1. The highest BCUT2D eigenvalue weighted by molar-refractivity contribution is 5.97. The number of nitrogens with zero attached hydrogens (tertiary/aromatic N) is 3. The fraction of sp³-hybridized carbons (Fsp3) is 0.440. The summed E-state index contributed by atoms with van der Waals surface area (Å²) in [6, 6.07) is 5.63. The average Bonchev–Trinajstić information content (AvgIpc) is 3.23. The number of alkyl halides is 3. The van der Waals surface area contributed by atoms with Crippen molar-refractivity contribution in [3.05, 3.63) is 65.8 Å². The molecule has 2 amide bonds. The van der Waals surface area contributed by atoms with Crippen LogP contribution in [0.4, 0.5) is 19.0 Å². The minimum absolute atomic E-state index is 0.0771. The van der Waals surface area contributed by atoms with Gasteiger partial charge in [0.05, 0.1) is 5.56 Å². The maximum Gasteiger partial charge on any atom is 0.406 e. The molecule has 1 saturated heterocycles. The minimum atomic E-state index is -4.51. The summed E-state index contributed by atoms with van der Waals surface area (Å²) in [6.07, 6.45) is 0.374. The van der Waals surface area contributed by atoms with Gasteiger partial charge in [0.15, 0.2) is 0 Å². The molecule has 0 bridgehead atoms. The first-order valence-corrected chi connectivity index (χ1v) is 11.6. The smallest absolute Gasteiger partial charge is 0.344 e. The Kier molecular flexibility index (Phi) is 6.82. The van der Waals surface area contributed by atoms with Crippen molar-refractivity contribution < 1.29 is 22.8 Å². The van der Waals surface area contributed by atoms with Gasteiger partial charge in [0, 0.05) is 35.7 Å². The van der Waals surface area contributed by atoms with Crippen molar-refractivity contribution in [2.24, 2.45) is 5.92 Å². The average molecular weight is 488 g/mol. The van der Waals surface area contributed by atoms with Gasteiger partial charge in [-0.15, -0.1) is 0 Å². The summed E-state index contributed by atoms with van der Waals surface area (Å²) in [4.78, 5) is 35.3. The predicted octanol–water partition coefficient (Wildman–Crippen LogP) is 4.05. The van der Waals surface area contributed by atoms with E-state index in [4.69, 9.17) is 0 Å². The van der Waals surface area contributed by atoms with E-state index in [9.17, 15) is 22.8 Å². The molecule has 2 N–H and O–H groups in total. The molecule has 10 heteroatoms. The van der Waals surface area contributed by atoms with Gasteiger partial charge >= 0.3 is 6.18 Å². The van der Waals surface area contributed by atoms with E-state index in [0.717, 1.165) is 34.7 Å². The molecule has 2 aromatic heterocycles. The standard InChI is InChI=1S/C25H28F3N5O2/c1-14-10-21(24(35)33(16(14)3)13-25(26,27)28)32-23(34)17-11-19-18(7-8-20(19)30-12-17)15(2)31-22-6-4-5-9-29-22/h4-6,9,11-12,14,16,18,21H,2,7-8,10,13H2,1,3H3,(H,29,31)(H,32,34)/t14-,16-,18+,21+/m1/s1. The van der Waals surface area contributed by atoms with Gasteiger partial charge in [-0.1, -0.05) is 19.6 Å². The van der Waals surface area contributed by atoms with Gasteiger partial charge in [0.25, 0.3) is 5.91 Å². The Morgan fingerprint density at radius 3 is 2.71 bits per heavy atom. The lowest BCUT2D eigenvalue weighted by Crippen LogP contribution is -2.59. The molecule has 3 heterocycles. The van der Waals surface area contributed by atoms with Crippen molar-refractivity contribution >= 4 is 17.6 Å². The van der Waals surface area contributed by atoms with Gasteiger partial charge in [0.2, 0.25) is 5.91 Å². The molecule has 0 aromatic carbocycles. The number of pyridine rings is 2. The van der Waals surface area contributed by atoms with E-state index < -0.39 is 36.6 Å². The largest absolute Gasteiger partial charge is 0.406 e. The summed E-state index contributed by atoms with van der Waals surface area (Å²) < 4.78 is 39.1. The topological polar surface area (TPSA) is 87.2 Å². The third-order valence-electron chi connectivity index (χ3n) is 6.84. The number of carbonyl (C=O) groups is 2.